The number of nitrogens with one attached hydrogen (secondary N) is 1. The second-order valence-corrected chi connectivity index (χ2v) is 4.46. The summed E-state index contributed by atoms with van der Waals surface area (Å²) in [7, 11) is 0. The fourth-order valence-electron chi connectivity index (χ4n) is 2.23. The van der Waals surface area contributed by atoms with Gasteiger partial charge in [-0.2, -0.15) is 0 Å². The largest absolute Gasteiger partial charge is 0.371 e. The Balaban J connectivity index is 1.80. The zero-order valence-electron chi connectivity index (χ0n) is 10.2. The zero-order valence-corrected chi connectivity index (χ0v) is 10.2. The number of rotatable bonds is 2. The summed E-state index contributed by atoms with van der Waals surface area (Å²) >= 11 is 0. The standard InChI is InChI=1S/C16H16NO/c1-2-4-13(5-3-1)14-6-8-15(9-7-14)16-12-17-10-11-18-16/h1-4,6-9,16-17H,10-12H2. The maximum absolute atomic E-state index is 5.74. The molecule has 1 unspecified atom stereocenters. The molecule has 91 valence electrons. The van der Waals surface area contributed by atoms with Crippen LogP contribution in [0.3, 0.4) is 0 Å². The van der Waals surface area contributed by atoms with Crippen molar-refractivity contribution in [3.8, 4) is 11.1 Å². The van der Waals surface area contributed by atoms with Crippen LogP contribution >= 0.6 is 0 Å². The molecule has 1 aliphatic rings. The van der Waals surface area contributed by atoms with Crippen molar-refractivity contribution in [2.75, 3.05) is 19.7 Å². The van der Waals surface area contributed by atoms with E-state index in [0.29, 0.717) is 0 Å². The minimum Gasteiger partial charge on any atom is -0.371 e. The quantitative estimate of drug-likeness (QED) is 0.868. The molecule has 1 fully saturated rings. The molecule has 0 bridgehead atoms. The smallest absolute Gasteiger partial charge is 0.0949 e. The fraction of sp³-hybridized carbons (Fsp3) is 0.250. The highest BCUT2D eigenvalue weighted by Gasteiger charge is 2.15. The Hall–Kier alpha value is -1.64. The summed E-state index contributed by atoms with van der Waals surface area (Å²) in [5, 5.41) is 3.35. The van der Waals surface area contributed by atoms with Crippen LogP contribution < -0.4 is 5.32 Å². The van der Waals surface area contributed by atoms with Gasteiger partial charge in [-0.3, -0.25) is 0 Å². The first-order chi connectivity index (χ1) is 8.93. The fourth-order valence-corrected chi connectivity index (χ4v) is 2.23. The lowest BCUT2D eigenvalue weighted by atomic mass is 10.0. The predicted molar refractivity (Wildman–Crippen MR) is 72.3 cm³/mol. The molecule has 1 heterocycles. The summed E-state index contributed by atoms with van der Waals surface area (Å²) in [4.78, 5) is 0. The Bertz CT molecular complexity index is 486. The first-order valence-electron chi connectivity index (χ1n) is 6.33. The molecule has 1 N–H and O–H groups in total. The molecule has 2 heteroatoms. The molecule has 1 saturated heterocycles. The Morgan fingerprint density at radius 3 is 2.67 bits per heavy atom. The van der Waals surface area contributed by atoms with Gasteiger partial charge in [0.15, 0.2) is 0 Å². The summed E-state index contributed by atoms with van der Waals surface area (Å²) in [5.74, 6) is 0. The van der Waals surface area contributed by atoms with Crippen molar-refractivity contribution >= 4 is 0 Å². The van der Waals surface area contributed by atoms with E-state index in [1.807, 2.05) is 18.2 Å². The molecule has 0 aliphatic carbocycles. The molecule has 3 rings (SSSR count). The number of benzene rings is 2. The number of hydrogen-bond donors (Lipinski definition) is 1. The number of morpholine rings is 1. The van der Waals surface area contributed by atoms with Gasteiger partial charge in [0.1, 0.15) is 0 Å². The van der Waals surface area contributed by atoms with Crippen molar-refractivity contribution in [3.05, 3.63) is 60.2 Å². The molecule has 1 radical (unpaired) electrons. The summed E-state index contributed by atoms with van der Waals surface area (Å²) in [6.07, 6.45) is 0.188. The lowest BCUT2D eigenvalue weighted by Crippen LogP contribution is -2.33. The van der Waals surface area contributed by atoms with Gasteiger partial charge in [0.2, 0.25) is 0 Å². The van der Waals surface area contributed by atoms with Gasteiger partial charge in [0.05, 0.1) is 12.7 Å². The second kappa shape index (κ2) is 5.34. The summed E-state index contributed by atoms with van der Waals surface area (Å²) < 4.78 is 5.74. The Labute approximate surface area is 108 Å². The number of ether oxygens (including phenoxy) is 1. The van der Waals surface area contributed by atoms with Gasteiger partial charge in [0.25, 0.3) is 0 Å². The summed E-state index contributed by atoms with van der Waals surface area (Å²) in [5.41, 5.74) is 3.57. The van der Waals surface area contributed by atoms with Crippen LogP contribution in [0.2, 0.25) is 0 Å². The van der Waals surface area contributed by atoms with E-state index in [2.05, 4.69) is 41.7 Å². The van der Waals surface area contributed by atoms with Crippen molar-refractivity contribution in [2.24, 2.45) is 0 Å². The minimum atomic E-state index is 0.188. The van der Waals surface area contributed by atoms with Crippen molar-refractivity contribution in [1.82, 2.24) is 5.32 Å². The highest BCUT2D eigenvalue weighted by molar-refractivity contribution is 5.62. The van der Waals surface area contributed by atoms with E-state index >= 15 is 0 Å². The van der Waals surface area contributed by atoms with Crippen molar-refractivity contribution in [3.63, 3.8) is 0 Å². The molecule has 0 saturated carbocycles. The first-order valence-corrected chi connectivity index (χ1v) is 6.33. The molecule has 2 nitrogen and oxygen atoms in total. The van der Waals surface area contributed by atoms with Crippen LogP contribution in [0.4, 0.5) is 0 Å². The van der Waals surface area contributed by atoms with Crippen molar-refractivity contribution in [2.45, 2.75) is 6.10 Å². The highest BCUT2D eigenvalue weighted by Crippen LogP contribution is 2.23. The monoisotopic (exact) mass is 238 g/mol. The van der Waals surface area contributed by atoms with Gasteiger partial charge < -0.3 is 10.1 Å². The van der Waals surface area contributed by atoms with Gasteiger partial charge in [-0.25, -0.2) is 0 Å². The molecular weight excluding hydrogens is 222 g/mol. The van der Waals surface area contributed by atoms with Crippen LogP contribution in [0.5, 0.6) is 0 Å². The summed E-state index contributed by atoms with van der Waals surface area (Å²) in [6.45, 7) is 2.64. The van der Waals surface area contributed by atoms with Crippen molar-refractivity contribution < 1.29 is 4.74 Å². The summed E-state index contributed by atoms with van der Waals surface area (Å²) in [6, 6.07) is 19.8. The van der Waals surface area contributed by atoms with E-state index < -0.39 is 0 Å². The van der Waals surface area contributed by atoms with Crippen LogP contribution in [-0.4, -0.2) is 19.7 Å². The maximum atomic E-state index is 5.74. The van der Waals surface area contributed by atoms with E-state index in [4.69, 9.17) is 4.74 Å². The van der Waals surface area contributed by atoms with Crippen molar-refractivity contribution in [1.29, 1.82) is 0 Å². The van der Waals surface area contributed by atoms with E-state index in [9.17, 15) is 0 Å². The Morgan fingerprint density at radius 2 is 2.00 bits per heavy atom. The molecule has 0 amide bonds. The Morgan fingerprint density at radius 1 is 1.11 bits per heavy atom. The third-order valence-electron chi connectivity index (χ3n) is 3.23. The van der Waals surface area contributed by atoms with E-state index in [1.165, 1.54) is 11.1 Å². The second-order valence-electron chi connectivity index (χ2n) is 4.46. The number of hydrogen-bond acceptors (Lipinski definition) is 2. The van der Waals surface area contributed by atoms with Crippen LogP contribution in [0.25, 0.3) is 11.1 Å². The molecule has 1 atom stereocenters. The third kappa shape index (κ3) is 2.45. The van der Waals surface area contributed by atoms with Gasteiger partial charge >= 0.3 is 0 Å². The SMILES string of the molecule is [c]1ccccc1-c1ccc(C2CNCCO2)cc1. The normalized spacial score (nSPS) is 19.7. The lowest BCUT2D eigenvalue weighted by Gasteiger charge is -2.24. The molecule has 2 aromatic rings. The van der Waals surface area contributed by atoms with Gasteiger partial charge in [0, 0.05) is 13.1 Å². The molecule has 18 heavy (non-hydrogen) atoms. The van der Waals surface area contributed by atoms with Gasteiger partial charge in [-0.05, 0) is 22.8 Å². The average molecular weight is 238 g/mol. The molecule has 1 aliphatic heterocycles. The third-order valence-corrected chi connectivity index (χ3v) is 3.23. The molecule has 0 aromatic heterocycles. The van der Waals surface area contributed by atoms with Crippen LogP contribution in [-0.2, 0) is 4.74 Å². The minimum absolute atomic E-state index is 0.188. The van der Waals surface area contributed by atoms with Gasteiger partial charge in [-0.1, -0.05) is 48.5 Å². The molecular formula is C16H16NO. The van der Waals surface area contributed by atoms with Crippen LogP contribution in [0, 0.1) is 6.07 Å². The van der Waals surface area contributed by atoms with Crippen LogP contribution in [0.1, 0.15) is 11.7 Å². The first kappa shape index (κ1) is 11.5. The van der Waals surface area contributed by atoms with Gasteiger partial charge in [-0.15, -0.1) is 0 Å². The highest BCUT2D eigenvalue weighted by atomic mass is 16.5. The molecule has 2 aromatic carbocycles. The van der Waals surface area contributed by atoms with E-state index in [0.717, 1.165) is 25.3 Å². The van der Waals surface area contributed by atoms with E-state index in [-0.39, 0.29) is 6.10 Å². The zero-order chi connectivity index (χ0) is 12.2. The topological polar surface area (TPSA) is 21.3 Å². The molecule has 0 spiro atoms. The Kier molecular flexibility index (Phi) is 3.40. The lowest BCUT2D eigenvalue weighted by molar-refractivity contribution is 0.0277. The van der Waals surface area contributed by atoms with E-state index in [1.54, 1.807) is 0 Å². The maximum Gasteiger partial charge on any atom is 0.0949 e. The average Bonchev–Trinajstić information content (AvgIpc) is 2.49. The van der Waals surface area contributed by atoms with Crippen LogP contribution in [0.15, 0.2) is 48.5 Å². The predicted octanol–water partition coefficient (Wildman–Crippen LogP) is 2.81.